The van der Waals surface area contributed by atoms with Gasteiger partial charge in [0.25, 0.3) is 0 Å². The van der Waals surface area contributed by atoms with Crippen LogP contribution in [0, 0.1) is 0 Å². The summed E-state index contributed by atoms with van der Waals surface area (Å²) in [7, 11) is 0. The minimum atomic E-state index is -0.568. The standard InChI is InChI=1S/C70H51N/c1-69(2)61-39-19-17-35-57(61)58-45-44-51(47-64(58)69)50-28-21-33-54(46-50)71(65-42-22-38-56(49-26-9-4-10-27-49)67(65)59-36-16-15-34-55(59)48-24-7-3-8-25-48)66-43-23-41-63-68(66)60-37-18-20-40-62(60)70(63,52-29-11-5-12-30-52)53-31-13-6-14-32-53/h3-47H,1-2H3. The Balaban J connectivity index is 1.12. The van der Waals surface area contributed by atoms with Gasteiger partial charge >= 0.3 is 0 Å². The van der Waals surface area contributed by atoms with Crippen LogP contribution < -0.4 is 4.90 Å². The van der Waals surface area contributed by atoms with Gasteiger partial charge in [-0.3, -0.25) is 0 Å². The quantitative estimate of drug-likeness (QED) is 0.139. The molecule has 0 saturated carbocycles. The molecule has 1 heteroatoms. The van der Waals surface area contributed by atoms with E-state index in [2.05, 4.69) is 292 Å². The Bertz CT molecular complexity index is 3740. The number of anilines is 3. The van der Waals surface area contributed by atoms with Crippen molar-refractivity contribution in [3.05, 3.63) is 306 Å². The second-order valence-corrected chi connectivity index (χ2v) is 19.5. The van der Waals surface area contributed by atoms with Crippen molar-refractivity contribution in [1.82, 2.24) is 0 Å². The van der Waals surface area contributed by atoms with E-state index in [1.807, 2.05) is 0 Å². The van der Waals surface area contributed by atoms with Crippen molar-refractivity contribution in [2.24, 2.45) is 0 Å². The molecule has 11 aromatic carbocycles. The van der Waals surface area contributed by atoms with Gasteiger partial charge in [-0.05, 0) is 119 Å². The van der Waals surface area contributed by atoms with E-state index < -0.39 is 5.41 Å². The summed E-state index contributed by atoms with van der Waals surface area (Å²) in [5.74, 6) is 0. The Hall–Kier alpha value is -8.78. The van der Waals surface area contributed by atoms with E-state index in [1.165, 1.54) is 100 Å². The highest BCUT2D eigenvalue weighted by Gasteiger charge is 2.47. The fourth-order valence-corrected chi connectivity index (χ4v) is 12.2. The molecule has 2 aliphatic carbocycles. The first-order valence-electron chi connectivity index (χ1n) is 24.8. The average molecular weight is 906 g/mol. The molecule has 0 amide bonds. The van der Waals surface area contributed by atoms with Gasteiger partial charge in [0.05, 0.1) is 16.8 Å². The number of fused-ring (bicyclic) bond motifs is 6. The summed E-state index contributed by atoms with van der Waals surface area (Å²) in [6.45, 7) is 4.74. The first-order valence-corrected chi connectivity index (χ1v) is 24.8. The largest absolute Gasteiger partial charge is 0.309 e. The Morgan fingerprint density at radius 2 is 0.718 bits per heavy atom. The van der Waals surface area contributed by atoms with Gasteiger partial charge in [0.2, 0.25) is 0 Å². The zero-order valence-corrected chi connectivity index (χ0v) is 39.9. The van der Waals surface area contributed by atoms with E-state index in [0.29, 0.717) is 0 Å². The fraction of sp³-hybridized carbons (Fsp3) is 0.0571. The third-order valence-electron chi connectivity index (χ3n) is 15.4. The molecule has 0 bridgehead atoms. The van der Waals surface area contributed by atoms with Crippen molar-refractivity contribution >= 4 is 17.1 Å². The average Bonchev–Trinajstić information content (AvgIpc) is 3.88. The van der Waals surface area contributed by atoms with Crippen molar-refractivity contribution in [3.63, 3.8) is 0 Å². The summed E-state index contributed by atoms with van der Waals surface area (Å²) in [5, 5.41) is 0. The van der Waals surface area contributed by atoms with E-state index in [4.69, 9.17) is 0 Å². The minimum absolute atomic E-state index is 0.119. The molecule has 0 radical (unpaired) electrons. The van der Waals surface area contributed by atoms with E-state index in [-0.39, 0.29) is 5.41 Å². The van der Waals surface area contributed by atoms with Crippen molar-refractivity contribution < 1.29 is 0 Å². The van der Waals surface area contributed by atoms with E-state index in [1.54, 1.807) is 0 Å². The van der Waals surface area contributed by atoms with Crippen LogP contribution in [-0.2, 0) is 10.8 Å². The van der Waals surface area contributed by atoms with Crippen LogP contribution in [0.3, 0.4) is 0 Å². The van der Waals surface area contributed by atoms with Crippen LogP contribution >= 0.6 is 0 Å². The molecule has 0 aromatic heterocycles. The van der Waals surface area contributed by atoms with Gasteiger partial charge in [-0.15, -0.1) is 0 Å². The maximum Gasteiger partial charge on any atom is 0.0714 e. The molecule has 0 fully saturated rings. The van der Waals surface area contributed by atoms with Crippen LogP contribution in [0.2, 0.25) is 0 Å². The number of hydrogen-bond acceptors (Lipinski definition) is 1. The predicted octanol–water partition coefficient (Wildman–Crippen LogP) is 18.5. The summed E-state index contributed by atoms with van der Waals surface area (Å²) < 4.78 is 0. The van der Waals surface area contributed by atoms with Crippen LogP contribution in [0.5, 0.6) is 0 Å². The Labute approximate surface area is 417 Å². The van der Waals surface area contributed by atoms with E-state index in [9.17, 15) is 0 Å². The van der Waals surface area contributed by atoms with Gasteiger partial charge in [-0.25, -0.2) is 0 Å². The Morgan fingerprint density at radius 1 is 0.268 bits per heavy atom. The summed E-state index contributed by atoms with van der Waals surface area (Å²) in [4.78, 5) is 2.57. The van der Waals surface area contributed by atoms with Gasteiger partial charge in [0, 0.05) is 22.2 Å². The lowest BCUT2D eigenvalue weighted by molar-refractivity contribution is 0.660. The number of hydrogen-bond donors (Lipinski definition) is 0. The van der Waals surface area contributed by atoms with Crippen LogP contribution in [0.25, 0.3) is 66.8 Å². The van der Waals surface area contributed by atoms with Gasteiger partial charge in [-0.2, -0.15) is 0 Å². The number of rotatable bonds is 9. The number of benzene rings is 11. The highest BCUT2D eigenvalue weighted by molar-refractivity contribution is 6.04. The molecule has 0 spiro atoms. The van der Waals surface area contributed by atoms with Crippen LogP contribution in [0.1, 0.15) is 47.2 Å². The molecule has 11 aromatic rings. The summed E-state index contributed by atoms with van der Waals surface area (Å²) in [6, 6.07) is 101. The van der Waals surface area contributed by atoms with Gasteiger partial charge in [0.15, 0.2) is 0 Å². The SMILES string of the molecule is CC1(C)c2ccccc2-c2ccc(-c3cccc(N(c4cccc(-c5ccccc5)c4-c4ccccc4-c4ccccc4)c4cccc5c4-c4ccccc4C5(c4ccccc4)c4ccccc4)c3)cc21. The number of nitrogens with zero attached hydrogens (tertiary/aromatic N) is 1. The highest BCUT2D eigenvalue weighted by atomic mass is 15.1. The monoisotopic (exact) mass is 905 g/mol. The highest BCUT2D eigenvalue weighted by Crippen LogP contribution is 2.60. The molecule has 0 saturated heterocycles. The Morgan fingerprint density at radius 3 is 1.39 bits per heavy atom. The normalized spacial score (nSPS) is 13.4. The second-order valence-electron chi connectivity index (χ2n) is 19.5. The molecule has 0 heterocycles. The molecule has 0 N–H and O–H groups in total. The maximum absolute atomic E-state index is 2.57. The molecule has 2 aliphatic rings. The van der Waals surface area contributed by atoms with Crippen LogP contribution in [-0.4, -0.2) is 0 Å². The first kappa shape index (κ1) is 42.3. The molecular weight excluding hydrogens is 855 g/mol. The molecule has 1 nitrogen and oxygen atoms in total. The maximum atomic E-state index is 2.57. The molecular formula is C70H51N. The fourth-order valence-electron chi connectivity index (χ4n) is 12.2. The predicted molar refractivity (Wildman–Crippen MR) is 298 cm³/mol. The summed E-state index contributed by atoms with van der Waals surface area (Å²) in [6.07, 6.45) is 0. The molecule has 71 heavy (non-hydrogen) atoms. The molecule has 13 rings (SSSR count). The third kappa shape index (κ3) is 6.68. The zero-order chi connectivity index (χ0) is 47.5. The van der Waals surface area contributed by atoms with E-state index in [0.717, 1.165) is 17.1 Å². The van der Waals surface area contributed by atoms with Crippen molar-refractivity contribution in [1.29, 1.82) is 0 Å². The van der Waals surface area contributed by atoms with Crippen LogP contribution in [0.15, 0.2) is 273 Å². The molecule has 0 unspecified atom stereocenters. The topological polar surface area (TPSA) is 3.24 Å². The van der Waals surface area contributed by atoms with E-state index >= 15 is 0 Å². The lowest BCUT2D eigenvalue weighted by Gasteiger charge is -2.35. The molecule has 336 valence electrons. The molecule has 0 aliphatic heterocycles. The van der Waals surface area contributed by atoms with Crippen LogP contribution in [0.4, 0.5) is 17.1 Å². The second kappa shape index (κ2) is 17.0. The summed E-state index contributed by atoms with van der Waals surface area (Å²) in [5.41, 5.74) is 24.9. The Kier molecular flexibility index (Phi) is 10.1. The third-order valence-corrected chi connectivity index (χ3v) is 15.4. The zero-order valence-electron chi connectivity index (χ0n) is 39.9. The lowest BCUT2D eigenvalue weighted by Crippen LogP contribution is -2.28. The van der Waals surface area contributed by atoms with Gasteiger partial charge in [0.1, 0.15) is 0 Å². The van der Waals surface area contributed by atoms with Crippen molar-refractivity contribution in [2.45, 2.75) is 24.7 Å². The summed E-state index contributed by atoms with van der Waals surface area (Å²) >= 11 is 0. The molecule has 0 atom stereocenters. The lowest BCUT2D eigenvalue weighted by atomic mass is 9.68. The van der Waals surface area contributed by atoms with Gasteiger partial charge in [-0.1, -0.05) is 257 Å². The van der Waals surface area contributed by atoms with Crippen molar-refractivity contribution in [2.75, 3.05) is 4.90 Å². The minimum Gasteiger partial charge on any atom is -0.309 e. The first-order chi connectivity index (χ1) is 35.0. The van der Waals surface area contributed by atoms with Gasteiger partial charge < -0.3 is 4.90 Å². The smallest absolute Gasteiger partial charge is 0.0714 e. The van der Waals surface area contributed by atoms with Crippen molar-refractivity contribution in [3.8, 4) is 66.8 Å².